The van der Waals surface area contributed by atoms with Crippen molar-refractivity contribution in [3.05, 3.63) is 28.0 Å². The third kappa shape index (κ3) is 3.81. The Labute approximate surface area is 198 Å². The van der Waals surface area contributed by atoms with Crippen LogP contribution in [0.4, 0.5) is 0 Å². The van der Waals surface area contributed by atoms with E-state index < -0.39 is 75.8 Å². The molecule has 3 heterocycles. The molecule has 1 aromatic heterocycles. The Kier molecular flexibility index (Phi) is 6.31. The van der Waals surface area contributed by atoms with E-state index in [1.807, 2.05) is 0.887 Å². The first-order valence-electron chi connectivity index (χ1n) is 8.95. The molecule has 4 radical (unpaired) electrons. The van der Waals surface area contributed by atoms with Crippen molar-refractivity contribution in [2.45, 2.75) is 52.7 Å². The van der Waals surface area contributed by atoms with E-state index in [2.05, 4.69) is 53.4 Å². The minimum absolute atomic E-state index is 0.203. The quantitative estimate of drug-likeness (QED) is 0.288. The van der Waals surface area contributed by atoms with Crippen molar-refractivity contribution in [2.75, 3.05) is 5.94 Å². The zero-order chi connectivity index (χ0) is 18.0. The van der Waals surface area contributed by atoms with Crippen LogP contribution in [-0.4, -0.2) is 50.2 Å². The Balaban J connectivity index is 1.92. The van der Waals surface area contributed by atoms with Gasteiger partial charge in [-0.15, -0.1) is 0 Å². The Morgan fingerprint density at radius 3 is 2.60 bits per heavy atom. The Morgan fingerprint density at radius 2 is 2.00 bits per heavy atom. The van der Waals surface area contributed by atoms with Crippen LogP contribution in [0.3, 0.4) is 0 Å². The molecule has 0 bridgehead atoms. The third-order valence-electron chi connectivity index (χ3n) is 5.56. The van der Waals surface area contributed by atoms with Gasteiger partial charge in [-0.05, 0) is 0 Å². The first-order chi connectivity index (χ1) is 11.6. The molecule has 4 rings (SSSR count). The van der Waals surface area contributed by atoms with E-state index in [1.54, 1.807) is 5.23 Å². The van der Waals surface area contributed by atoms with Crippen molar-refractivity contribution in [1.29, 1.82) is 0 Å². The van der Waals surface area contributed by atoms with Gasteiger partial charge in [0.2, 0.25) is 0 Å². The molecule has 1 aliphatic carbocycles. The number of hydrogen-bond acceptors (Lipinski definition) is 3. The predicted octanol–water partition coefficient (Wildman–Crippen LogP) is 5.03. The number of hydrogen-bond donors (Lipinski definition) is 0. The molecule has 0 aromatic carbocycles. The molecule has 127 valence electrons. The van der Waals surface area contributed by atoms with Gasteiger partial charge < -0.3 is 0 Å². The van der Waals surface area contributed by atoms with Crippen LogP contribution >= 0.6 is 20.2 Å². The second-order valence-electron chi connectivity index (χ2n) is 9.25. The molecule has 7 heteroatoms. The van der Waals surface area contributed by atoms with Crippen LogP contribution < -0.4 is 0 Å². The van der Waals surface area contributed by atoms with Crippen LogP contribution in [0, 0.1) is 29.4 Å². The summed E-state index contributed by atoms with van der Waals surface area (Å²) in [6, 6.07) is 2.45. The molecular formula is C18H22KO2PSUV. The summed E-state index contributed by atoms with van der Waals surface area (Å²) in [6.07, 6.45) is 0. The Bertz CT molecular complexity index is 846. The molecule has 0 saturated carbocycles. The summed E-state index contributed by atoms with van der Waals surface area (Å²) in [5.41, 5.74) is 3.57. The SMILES string of the molecule is CC(C)(C)[C]1=[K][C]2=[C]([U]=[V]1)c1cpc(C(C)(C)C)cc1C21OCSO1. The first kappa shape index (κ1) is 21.1. The topological polar surface area (TPSA) is 18.5 Å². The molecular weight excluding hydrogens is 639 g/mol. The van der Waals surface area contributed by atoms with Gasteiger partial charge in [0.1, 0.15) is 0 Å². The van der Waals surface area contributed by atoms with Gasteiger partial charge >= 0.3 is 203 Å². The van der Waals surface area contributed by atoms with Crippen LogP contribution in [0.5, 0.6) is 0 Å². The normalized spacial score (nSPS) is 25.4. The van der Waals surface area contributed by atoms with Crippen molar-refractivity contribution >= 4 is 67.1 Å². The summed E-state index contributed by atoms with van der Waals surface area (Å²) in [4.78, 5) is 0. The van der Waals surface area contributed by atoms with Crippen LogP contribution in [-0.2, 0) is 30.8 Å². The number of fused-ring (bicyclic) bond motifs is 4. The van der Waals surface area contributed by atoms with E-state index in [9.17, 15) is 0 Å². The van der Waals surface area contributed by atoms with Gasteiger partial charge in [-0.1, -0.05) is 0 Å². The summed E-state index contributed by atoms with van der Waals surface area (Å²) in [5, 5.41) is 1.49. The molecule has 0 N–H and O–H groups in total. The fraction of sp³-hybridized carbons (Fsp3) is 0.556. The van der Waals surface area contributed by atoms with Gasteiger partial charge in [-0.25, -0.2) is 0 Å². The van der Waals surface area contributed by atoms with Gasteiger partial charge in [0.05, 0.1) is 0 Å². The molecule has 1 unspecified atom stereocenters. The molecule has 25 heavy (non-hydrogen) atoms. The van der Waals surface area contributed by atoms with Crippen LogP contribution in [0.2, 0.25) is 0 Å². The van der Waals surface area contributed by atoms with E-state index in [0.29, 0.717) is 22.0 Å². The maximum absolute atomic E-state index is 6.40. The van der Waals surface area contributed by atoms with Gasteiger partial charge in [-0.3, -0.25) is 0 Å². The fourth-order valence-corrected chi connectivity index (χ4v) is 54.7. The molecule has 0 amide bonds. The monoisotopic (exact) mass is 661 g/mol. The summed E-state index contributed by atoms with van der Waals surface area (Å²) in [5.74, 6) is 2.70. The number of ether oxygens (including phenoxy) is 1. The second-order valence-corrected chi connectivity index (χ2v) is 28.4. The number of rotatable bonds is 0. The van der Waals surface area contributed by atoms with Gasteiger partial charge in [0, 0.05) is 0 Å². The standard InChI is InChI=1S/C13H13O2PS.C5H9.K.U.V/c1-12(2,3)11-6-10-9(7-16-11)4-5-13(10)14-8-17-15-13;1-5(2,3)4;;;/h6-7H,8H2,1-3H3;1-3H3;;;. The van der Waals surface area contributed by atoms with E-state index >= 15 is 0 Å². The van der Waals surface area contributed by atoms with Crippen LogP contribution in [0.25, 0.3) is 2.61 Å². The molecule has 1 atom stereocenters. The first-order valence-corrected chi connectivity index (χ1v) is 25.1. The van der Waals surface area contributed by atoms with Crippen molar-refractivity contribution in [1.82, 2.24) is 0 Å². The van der Waals surface area contributed by atoms with Crippen molar-refractivity contribution < 1.29 is 43.6 Å². The molecule has 3 aliphatic rings. The van der Waals surface area contributed by atoms with Gasteiger partial charge in [-0.2, -0.15) is 0 Å². The molecule has 1 saturated heterocycles. The van der Waals surface area contributed by atoms with Crippen molar-refractivity contribution in [3.63, 3.8) is 0 Å². The second kappa shape index (κ2) is 7.49. The van der Waals surface area contributed by atoms with E-state index in [4.69, 9.17) is 8.92 Å². The zero-order valence-electron chi connectivity index (χ0n) is 16.0. The van der Waals surface area contributed by atoms with Crippen LogP contribution in [0.1, 0.15) is 58.0 Å². The third-order valence-corrected chi connectivity index (χ3v) is 47.7. The molecule has 2 aliphatic heterocycles. The van der Waals surface area contributed by atoms with E-state index in [-0.39, 0.29) is 5.41 Å². The van der Waals surface area contributed by atoms with E-state index in [1.165, 1.54) is 31.1 Å². The van der Waals surface area contributed by atoms with Gasteiger partial charge in [0.25, 0.3) is 0 Å². The Morgan fingerprint density at radius 1 is 1.24 bits per heavy atom. The fourth-order valence-electron chi connectivity index (χ4n) is 3.85. The molecule has 1 fully saturated rings. The summed E-state index contributed by atoms with van der Waals surface area (Å²) in [6.45, 7) is 14.3. The molecule has 1 spiro atoms. The summed E-state index contributed by atoms with van der Waals surface area (Å²) in [7, 11) is 1.94. The Hall–Kier alpha value is 2.80. The zero-order valence-corrected chi connectivity index (χ0v) is 26.4. The summed E-state index contributed by atoms with van der Waals surface area (Å²) < 4.78 is 18.3. The molecule has 1 aromatic rings. The molecule has 2 nitrogen and oxygen atoms in total. The van der Waals surface area contributed by atoms with Gasteiger partial charge in [0.15, 0.2) is 0 Å². The average Bonchev–Trinajstić information content (AvgIpc) is 3.11. The van der Waals surface area contributed by atoms with Crippen LogP contribution in [0.15, 0.2) is 11.5 Å². The summed E-state index contributed by atoms with van der Waals surface area (Å²) >= 11 is -0.655. The van der Waals surface area contributed by atoms with Crippen molar-refractivity contribution in [3.8, 4) is 0 Å². The minimum atomic E-state index is -1.28. The maximum atomic E-state index is 6.40. The van der Waals surface area contributed by atoms with E-state index in [0.717, 1.165) is 0 Å². The average molecular weight is 661 g/mol. The van der Waals surface area contributed by atoms with Crippen molar-refractivity contribution in [2.24, 2.45) is 5.41 Å². The predicted molar refractivity (Wildman–Crippen MR) is 101 cm³/mol.